The normalized spacial score (nSPS) is 11.4. The number of rotatable bonds is 5. The summed E-state index contributed by atoms with van der Waals surface area (Å²) in [6.07, 6.45) is -2.68. The van der Waals surface area contributed by atoms with Crippen LogP contribution in [0.2, 0.25) is 0 Å². The molecule has 1 heterocycles. The first-order chi connectivity index (χ1) is 7.49. The van der Waals surface area contributed by atoms with Crippen LogP contribution in [0.3, 0.4) is 0 Å². The van der Waals surface area contributed by atoms with Crippen molar-refractivity contribution in [1.29, 1.82) is 0 Å². The van der Waals surface area contributed by atoms with Crippen molar-refractivity contribution in [3.8, 4) is 0 Å². The van der Waals surface area contributed by atoms with Crippen LogP contribution in [0.1, 0.15) is 19.3 Å². The number of anilines is 2. The third-order valence-corrected chi connectivity index (χ3v) is 2.02. The van der Waals surface area contributed by atoms with E-state index in [0.717, 1.165) is 0 Å². The summed E-state index contributed by atoms with van der Waals surface area (Å²) in [6.45, 7) is 0.442. The van der Waals surface area contributed by atoms with Crippen LogP contribution in [0.4, 0.5) is 24.7 Å². The van der Waals surface area contributed by atoms with Gasteiger partial charge in [0.1, 0.15) is 5.82 Å². The Morgan fingerprint density at radius 1 is 1.31 bits per heavy atom. The lowest BCUT2D eigenvalue weighted by molar-refractivity contribution is -0.135. The largest absolute Gasteiger partial charge is 0.396 e. The third kappa shape index (κ3) is 4.86. The molecule has 1 aromatic heterocycles. The molecule has 0 saturated carbocycles. The minimum absolute atomic E-state index is 0.114. The summed E-state index contributed by atoms with van der Waals surface area (Å²) in [4.78, 5) is 3.97. The van der Waals surface area contributed by atoms with Gasteiger partial charge in [0.25, 0.3) is 0 Å². The lowest BCUT2D eigenvalue weighted by Gasteiger charge is -2.08. The van der Waals surface area contributed by atoms with Gasteiger partial charge in [-0.3, -0.25) is 0 Å². The van der Waals surface area contributed by atoms with Crippen molar-refractivity contribution in [1.82, 2.24) is 4.98 Å². The van der Waals surface area contributed by atoms with Crippen molar-refractivity contribution in [3.05, 3.63) is 18.3 Å². The summed E-state index contributed by atoms with van der Waals surface area (Å²) >= 11 is 0. The third-order valence-electron chi connectivity index (χ3n) is 2.02. The van der Waals surface area contributed by atoms with Gasteiger partial charge in [0.2, 0.25) is 0 Å². The Labute approximate surface area is 91.9 Å². The van der Waals surface area contributed by atoms with E-state index >= 15 is 0 Å². The van der Waals surface area contributed by atoms with E-state index in [1.807, 2.05) is 0 Å². The average molecular weight is 233 g/mol. The van der Waals surface area contributed by atoms with E-state index in [1.165, 1.54) is 0 Å². The Morgan fingerprint density at radius 3 is 2.69 bits per heavy atom. The lowest BCUT2D eigenvalue weighted by atomic mass is 10.2. The van der Waals surface area contributed by atoms with Crippen molar-refractivity contribution in [2.75, 3.05) is 17.6 Å². The van der Waals surface area contributed by atoms with Gasteiger partial charge in [0.15, 0.2) is 0 Å². The van der Waals surface area contributed by atoms with E-state index in [-0.39, 0.29) is 6.42 Å². The van der Waals surface area contributed by atoms with E-state index in [4.69, 9.17) is 5.73 Å². The Bertz CT molecular complexity index is 325. The zero-order chi connectivity index (χ0) is 12.0. The van der Waals surface area contributed by atoms with Crippen LogP contribution in [0, 0.1) is 0 Å². The molecule has 1 rings (SSSR count). The molecule has 90 valence electrons. The summed E-state index contributed by atoms with van der Waals surface area (Å²) in [6, 6.07) is 3.38. The second kappa shape index (κ2) is 5.58. The van der Waals surface area contributed by atoms with Gasteiger partial charge in [-0.05, 0) is 25.0 Å². The Kier molecular flexibility index (Phi) is 4.39. The molecule has 16 heavy (non-hydrogen) atoms. The molecule has 1 aromatic rings. The van der Waals surface area contributed by atoms with Gasteiger partial charge < -0.3 is 11.1 Å². The predicted molar refractivity (Wildman–Crippen MR) is 57.0 cm³/mol. The van der Waals surface area contributed by atoms with Gasteiger partial charge in [-0.2, -0.15) is 13.2 Å². The molecule has 0 bridgehead atoms. The SMILES string of the molecule is Nc1cccnc1NCCCCC(F)(F)F. The molecule has 0 aromatic carbocycles. The number of nitrogen functional groups attached to an aromatic ring is 1. The highest BCUT2D eigenvalue weighted by Gasteiger charge is 2.25. The molecule has 0 radical (unpaired) electrons. The number of pyridine rings is 1. The quantitative estimate of drug-likeness (QED) is 0.769. The maximum Gasteiger partial charge on any atom is 0.389 e. The number of hydrogen-bond acceptors (Lipinski definition) is 3. The van der Waals surface area contributed by atoms with Crippen LogP contribution < -0.4 is 11.1 Å². The summed E-state index contributed by atoms with van der Waals surface area (Å²) in [5.74, 6) is 0.523. The van der Waals surface area contributed by atoms with Gasteiger partial charge in [-0.25, -0.2) is 4.98 Å². The van der Waals surface area contributed by atoms with Gasteiger partial charge in [0, 0.05) is 19.2 Å². The van der Waals surface area contributed by atoms with Gasteiger partial charge >= 0.3 is 6.18 Å². The lowest BCUT2D eigenvalue weighted by Crippen LogP contribution is -2.09. The number of unbranched alkanes of at least 4 members (excludes halogenated alkanes) is 1. The topological polar surface area (TPSA) is 50.9 Å². The Hall–Kier alpha value is -1.46. The summed E-state index contributed by atoms with van der Waals surface area (Å²) in [5.41, 5.74) is 6.10. The Balaban J connectivity index is 2.19. The second-order valence-electron chi connectivity index (χ2n) is 3.44. The van der Waals surface area contributed by atoms with Crippen LogP contribution >= 0.6 is 0 Å². The van der Waals surface area contributed by atoms with Crippen LogP contribution in [-0.4, -0.2) is 17.7 Å². The number of aromatic nitrogens is 1. The van der Waals surface area contributed by atoms with Gasteiger partial charge in [-0.15, -0.1) is 0 Å². The van der Waals surface area contributed by atoms with Crippen LogP contribution in [0.15, 0.2) is 18.3 Å². The van der Waals surface area contributed by atoms with Crippen molar-refractivity contribution in [3.63, 3.8) is 0 Å². The highest BCUT2D eigenvalue weighted by molar-refractivity contribution is 5.60. The van der Waals surface area contributed by atoms with Crippen molar-refractivity contribution >= 4 is 11.5 Å². The molecule has 6 heteroatoms. The fourth-order valence-corrected chi connectivity index (χ4v) is 1.22. The number of alkyl halides is 3. The van der Waals surface area contributed by atoms with Crippen molar-refractivity contribution < 1.29 is 13.2 Å². The number of nitrogens with zero attached hydrogens (tertiary/aromatic N) is 1. The van der Waals surface area contributed by atoms with Crippen molar-refractivity contribution in [2.24, 2.45) is 0 Å². The molecular weight excluding hydrogens is 219 g/mol. The molecule has 0 saturated heterocycles. The van der Waals surface area contributed by atoms with Crippen LogP contribution in [-0.2, 0) is 0 Å². The van der Waals surface area contributed by atoms with E-state index in [0.29, 0.717) is 24.5 Å². The number of nitrogens with one attached hydrogen (secondary N) is 1. The van der Waals surface area contributed by atoms with E-state index in [9.17, 15) is 13.2 Å². The Morgan fingerprint density at radius 2 is 2.06 bits per heavy atom. The monoisotopic (exact) mass is 233 g/mol. The zero-order valence-corrected chi connectivity index (χ0v) is 8.72. The molecule has 0 aliphatic rings. The fourth-order valence-electron chi connectivity index (χ4n) is 1.22. The minimum atomic E-state index is -4.07. The average Bonchev–Trinajstić information content (AvgIpc) is 2.18. The van der Waals surface area contributed by atoms with Crippen molar-refractivity contribution in [2.45, 2.75) is 25.4 Å². The number of halogens is 3. The first kappa shape index (κ1) is 12.6. The van der Waals surface area contributed by atoms with E-state index < -0.39 is 12.6 Å². The zero-order valence-electron chi connectivity index (χ0n) is 8.72. The summed E-state index contributed by atoms with van der Waals surface area (Å²) < 4.78 is 35.5. The highest BCUT2D eigenvalue weighted by Crippen LogP contribution is 2.22. The maximum absolute atomic E-state index is 11.8. The van der Waals surface area contributed by atoms with E-state index in [1.54, 1.807) is 18.3 Å². The molecule has 0 aliphatic carbocycles. The van der Waals surface area contributed by atoms with Crippen LogP contribution in [0.25, 0.3) is 0 Å². The maximum atomic E-state index is 11.8. The number of hydrogen-bond donors (Lipinski definition) is 2. The summed E-state index contributed by atoms with van der Waals surface area (Å²) in [5, 5.41) is 2.90. The molecule has 0 amide bonds. The molecule has 0 unspecified atom stereocenters. The first-order valence-corrected chi connectivity index (χ1v) is 5.00. The molecule has 3 nitrogen and oxygen atoms in total. The molecule has 0 spiro atoms. The standard InChI is InChI=1S/C10H14F3N3/c11-10(12,13)5-1-2-6-15-9-8(14)4-3-7-16-9/h3-4,7H,1-2,5-6,14H2,(H,15,16). The van der Waals surface area contributed by atoms with Gasteiger partial charge in [-0.1, -0.05) is 0 Å². The molecule has 0 aliphatic heterocycles. The minimum Gasteiger partial charge on any atom is -0.396 e. The molecule has 0 fully saturated rings. The van der Waals surface area contributed by atoms with Gasteiger partial charge in [0.05, 0.1) is 5.69 Å². The van der Waals surface area contributed by atoms with Crippen LogP contribution in [0.5, 0.6) is 0 Å². The smallest absolute Gasteiger partial charge is 0.389 e. The second-order valence-corrected chi connectivity index (χ2v) is 3.44. The summed E-state index contributed by atoms with van der Waals surface area (Å²) in [7, 11) is 0. The highest BCUT2D eigenvalue weighted by atomic mass is 19.4. The first-order valence-electron chi connectivity index (χ1n) is 5.00. The molecular formula is C10H14F3N3. The van der Waals surface area contributed by atoms with E-state index in [2.05, 4.69) is 10.3 Å². The molecule has 3 N–H and O–H groups in total. The molecule has 0 atom stereocenters. The fraction of sp³-hybridized carbons (Fsp3) is 0.500. The predicted octanol–water partition coefficient (Wildman–Crippen LogP) is 2.81. The number of nitrogens with two attached hydrogens (primary N) is 1.